The molecule has 47 heavy (non-hydrogen) atoms. The molecule has 16 heteroatoms. The first kappa shape index (κ1) is 32.2. The average molecular weight is 657 g/mol. The summed E-state index contributed by atoms with van der Waals surface area (Å²) in [7, 11) is 0. The molecular formula is C31H34F2N6O8. The molecule has 6 rings (SSSR count). The third-order valence-corrected chi connectivity index (χ3v) is 8.91. The number of anilines is 1. The van der Waals surface area contributed by atoms with Crippen LogP contribution in [0.25, 0.3) is 11.0 Å². The van der Waals surface area contributed by atoms with Gasteiger partial charge in [-0.3, -0.25) is 19.3 Å². The molecule has 14 nitrogen and oxygen atoms in total. The Labute approximate surface area is 267 Å². The lowest BCUT2D eigenvalue weighted by atomic mass is 9.96. The Balaban J connectivity index is 1.11. The maximum Gasteiger partial charge on any atom is 0.410 e. The van der Waals surface area contributed by atoms with Crippen molar-refractivity contribution in [1.29, 1.82) is 0 Å². The number of pyridine rings is 2. The zero-order valence-electron chi connectivity index (χ0n) is 25.6. The van der Waals surface area contributed by atoms with Crippen LogP contribution in [-0.4, -0.2) is 88.0 Å². The van der Waals surface area contributed by atoms with Gasteiger partial charge in [-0.1, -0.05) is 6.08 Å². The van der Waals surface area contributed by atoms with Crippen LogP contribution in [-0.2, 0) is 14.3 Å². The minimum Gasteiger partial charge on any atom is -0.488 e. The van der Waals surface area contributed by atoms with Crippen molar-refractivity contribution in [2.45, 2.75) is 69.2 Å². The van der Waals surface area contributed by atoms with Crippen molar-refractivity contribution >= 4 is 34.8 Å². The number of halogens is 2. The van der Waals surface area contributed by atoms with Gasteiger partial charge >= 0.3 is 12.0 Å². The monoisotopic (exact) mass is 656 g/mol. The molecule has 3 fully saturated rings. The van der Waals surface area contributed by atoms with Crippen LogP contribution < -0.4 is 15.6 Å². The van der Waals surface area contributed by atoms with Crippen LogP contribution >= 0.6 is 0 Å². The molecule has 0 bridgehead atoms. The Morgan fingerprint density at radius 3 is 2.72 bits per heavy atom. The van der Waals surface area contributed by atoms with Gasteiger partial charge in [0.1, 0.15) is 35.3 Å². The number of aromatic nitrogens is 2. The van der Waals surface area contributed by atoms with Crippen molar-refractivity contribution in [2.24, 2.45) is 5.18 Å². The van der Waals surface area contributed by atoms with Gasteiger partial charge in [0.2, 0.25) is 11.3 Å². The van der Waals surface area contributed by atoms with Gasteiger partial charge in [0.15, 0.2) is 17.4 Å². The van der Waals surface area contributed by atoms with Gasteiger partial charge in [-0.15, -0.1) is 4.91 Å². The number of carbonyl (C=O) groups is 3. The molecule has 0 spiro atoms. The van der Waals surface area contributed by atoms with Crippen molar-refractivity contribution in [3.8, 4) is 0 Å². The zero-order valence-corrected chi connectivity index (χ0v) is 25.6. The fraction of sp³-hybridized carbons (Fsp3) is 0.516. The molecule has 2 aliphatic carbocycles. The lowest BCUT2D eigenvalue weighted by Crippen LogP contribution is -2.38. The number of hydrogen-bond acceptors (Lipinski definition) is 10. The maximum atomic E-state index is 15.5. The van der Waals surface area contributed by atoms with E-state index in [0.29, 0.717) is 13.0 Å². The van der Waals surface area contributed by atoms with Gasteiger partial charge in [0, 0.05) is 43.8 Å². The molecule has 0 radical (unpaired) electrons. The number of nitroso groups, excluding NO2 is 1. The van der Waals surface area contributed by atoms with Crippen LogP contribution in [0.1, 0.15) is 61.8 Å². The Hall–Kier alpha value is -4.73. The molecule has 250 valence electrons. The molecule has 2 saturated heterocycles. The van der Waals surface area contributed by atoms with Crippen LogP contribution in [0.4, 0.5) is 19.4 Å². The molecule has 1 saturated carbocycles. The third-order valence-electron chi connectivity index (χ3n) is 8.91. The van der Waals surface area contributed by atoms with Crippen molar-refractivity contribution in [3.05, 3.63) is 62.5 Å². The summed E-state index contributed by atoms with van der Waals surface area (Å²) >= 11 is 0. The Kier molecular flexibility index (Phi) is 8.78. The van der Waals surface area contributed by atoms with Gasteiger partial charge < -0.3 is 29.4 Å². The third kappa shape index (κ3) is 6.73. The second-order valence-electron chi connectivity index (χ2n) is 12.4. The lowest BCUT2D eigenvalue weighted by molar-refractivity contribution is -0.119. The minimum absolute atomic E-state index is 0.0150. The summed E-state index contributed by atoms with van der Waals surface area (Å²) in [6.07, 6.45) is 5.42. The van der Waals surface area contributed by atoms with E-state index in [4.69, 9.17) is 9.47 Å². The smallest absolute Gasteiger partial charge is 0.410 e. The summed E-state index contributed by atoms with van der Waals surface area (Å²) in [5.41, 5.74) is -2.43. The van der Waals surface area contributed by atoms with Gasteiger partial charge in [0.05, 0.1) is 24.5 Å². The van der Waals surface area contributed by atoms with E-state index in [1.165, 1.54) is 24.1 Å². The summed E-state index contributed by atoms with van der Waals surface area (Å²) in [6.45, 7) is 2.01. The quantitative estimate of drug-likeness (QED) is 0.382. The van der Waals surface area contributed by atoms with Crippen LogP contribution in [0.5, 0.6) is 0 Å². The average Bonchev–Trinajstić information content (AvgIpc) is 3.84. The Bertz CT molecular complexity index is 1760. The van der Waals surface area contributed by atoms with Crippen LogP contribution in [0.2, 0.25) is 0 Å². The number of rotatable bonds is 9. The number of aliphatic hydroxyl groups is 1. The number of fused-ring (bicyclic) bond motifs is 1. The fourth-order valence-electron chi connectivity index (χ4n) is 6.20. The van der Waals surface area contributed by atoms with E-state index in [1.807, 2.05) is 0 Å². The van der Waals surface area contributed by atoms with E-state index in [0.717, 1.165) is 18.9 Å². The number of nitrogens with zero attached hydrogens (tertiary/aromatic N) is 5. The number of hydrogen-bond donors (Lipinski definition) is 2. The summed E-state index contributed by atoms with van der Waals surface area (Å²) in [6, 6.07) is 0.369. The van der Waals surface area contributed by atoms with Crippen LogP contribution in [0.3, 0.4) is 0 Å². The Morgan fingerprint density at radius 1 is 1.23 bits per heavy atom. The zero-order chi connectivity index (χ0) is 33.5. The molecule has 2 aliphatic heterocycles. The molecule has 0 aromatic carbocycles. The topological polar surface area (TPSA) is 173 Å². The highest BCUT2D eigenvalue weighted by Gasteiger charge is 2.38. The SMILES string of the molecule is CC(=O)NC[C@H]1CN(C2C=CC(OCC3(O)CCCN(c4nc5c(cc4F)c(=O)c(C(=O)N=O)cn5C4CC4)CC3)=C(F)C2)C(=O)O1. The van der Waals surface area contributed by atoms with E-state index in [-0.39, 0.29) is 80.1 Å². The molecule has 2 aromatic rings. The van der Waals surface area contributed by atoms with Crippen molar-refractivity contribution in [2.75, 3.05) is 37.7 Å². The van der Waals surface area contributed by atoms with E-state index in [9.17, 15) is 29.2 Å². The van der Waals surface area contributed by atoms with E-state index in [1.54, 1.807) is 15.5 Å². The minimum atomic E-state index is -1.36. The fourth-order valence-corrected chi connectivity index (χ4v) is 6.20. The molecular weight excluding hydrogens is 622 g/mol. The first-order valence-electron chi connectivity index (χ1n) is 15.5. The van der Waals surface area contributed by atoms with Gasteiger partial charge in [-0.05, 0) is 44.2 Å². The summed E-state index contributed by atoms with van der Waals surface area (Å²) in [5.74, 6) is -2.93. The highest BCUT2D eigenvalue weighted by Crippen LogP contribution is 2.38. The van der Waals surface area contributed by atoms with Gasteiger partial charge in [-0.2, -0.15) is 0 Å². The summed E-state index contributed by atoms with van der Waals surface area (Å²) < 4.78 is 43.2. The number of cyclic esters (lactones) is 1. The number of nitrogens with one attached hydrogen (secondary N) is 1. The molecule has 2 N–H and O–H groups in total. The van der Waals surface area contributed by atoms with Crippen LogP contribution in [0, 0.1) is 10.7 Å². The number of allylic oxidation sites excluding steroid dienone is 1. The van der Waals surface area contributed by atoms with Crippen LogP contribution in [0.15, 0.2) is 46.0 Å². The van der Waals surface area contributed by atoms with Crippen molar-refractivity contribution in [3.63, 3.8) is 0 Å². The van der Waals surface area contributed by atoms with E-state index in [2.05, 4.69) is 15.5 Å². The number of ether oxygens (including phenoxy) is 2. The maximum absolute atomic E-state index is 15.5. The summed E-state index contributed by atoms with van der Waals surface area (Å²) in [5, 5.41) is 16.2. The first-order chi connectivity index (χ1) is 22.5. The standard InChI is InChI=1S/C31H34F2N6O8/c1-17(40)34-13-20-14-39(30(43)47-20)19-5-6-25(23(32)11-19)46-16-31(44)7-2-9-37(10-8-31)28-24(33)12-21-26(41)22(29(42)36-45)15-38(18-3-4-18)27(21)35-28/h5-6,12,15,18-20,44H,2-4,7-11,13-14,16H2,1H3,(H,34,40)/t19?,20-,31?/m0/s1. The second kappa shape index (κ2) is 12.8. The highest BCUT2D eigenvalue weighted by molar-refractivity contribution is 5.97. The molecule has 2 unspecified atom stereocenters. The van der Waals surface area contributed by atoms with Crippen molar-refractivity contribution < 1.29 is 37.7 Å². The van der Waals surface area contributed by atoms with E-state index >= 15 is 8.78 Å². The Morgan fingerprint density at radius 2 is 2.02 bits per heavy atom. The number of carbonyl (C=O) groups excluding carboxylic acids is 3. The van der Waals surface area contributed by atoms with E-state index < -0.39 is 52.4 Å². The summed E-state index contributed by atoms with van der Waals surface area (Å²) in [4.78, 5) is 66.8. The number of amides is 3. The lowest BCUT2D eigenvalue weighted by Gasteiger charge is -2.29. The molecule has 2 aromatic heterocycles. The van der Waals surface area contributed by atoms with Crippen molar-refractivity contribution in [1.82, 2.24) is 19.8 Å². The molecule has 3 atom stereocenters. The normalized spacial score (nSPS) is 24.7. The second-order valence-corrected chi connectivity index (χ2v) is 12.4. The molecule has 3 amide bonds. The van der Waals surface area contributed by atoms with Gasteiger partial charge in [0.25, 0.3) is 0 Å². The first-order valence-corrected chi connectivity index (χ1v) is 15.5. The molecule has 4 heterocycles. The predicted molar refractivity (Wildman–Crippen MR) is 163 cm³/mol. The predicted octanol–water partition coefficient (Wildman–Crippen LogP) is 2.98. The van der Waals surface area contributed by atoms with Gasteiger partial charge in [-0.25, -0.2) is 18.6 Å². The molecule has 4 aliphatic rings. The highest BCUT2D eigenvalue weighted by atomic mass is 19.1. The largest absolute Gasteiger partial charge is 0.488 e.